The number of halogens is 1. The average Bonchev–Trinajstić information content (AvgIpc) is 2.36. The van der Waals surface area contributed by atoms with E-state index in [1.807, 2.05) is 6.07 Å². The van der Waals surface area contributed by atoms with E-state index in [4.69, 9.17) is 11.6 Å². The molecule has 3 radical (unpaired) electrons. The van der Waals surface area contributed by atoms with Crippen molar-refractivity contribution in [1.29, 1.82) is 0 Å². The summed E-state index contributed by atoms with van der Waals surface area (Å²) in [6.45, 7) is 6.47. The van der Waals surface area contributed by atoms with E-state index in [9.17, 15) is 0 Å². The van der Waals surface area contributed by atoms with Gasteiger partial charge < -0.3 is 0 Å². The van der Waals surface area contributed by atoms with Crippen LogP contribution in [0.5, 0.6) is 0 Å². The number of hydrogen-bond donors (Lipinski definition) is 0. The number of benzene rings is 2. The van der Waals surface area contributed by atoms with Gasteiger partial charge in [-0.2, -0.15) is 0 Å². The molecule has 2 aromatic rings. The van der Waals surface area contributed by atoms with Crippen molar-refractivity contribution < 1.29 is 0 Å². The largest absolute Gasteiger partial charge is 0.122 e. The summed E-state index contributed by atoms with van der Waals surface area (Å²) in [6, 6.07) is 10.5. The van der Waals surface area contributed by atoms with Crippen LogP contribution in [-0.4, -0.2) is 10.2 Å². The van der Waals surface area contributed by atoms with Gasteiger partial charge in [0.2, 0.25) is 0 Å². The van der Waals surface area contributed by atoms with Crippen LogP contribution in [0.15, 0.2) is 30.3 Å². The highest BCUT2D eigenvalue weighted by Crippen LogP contribution is 2.31. The van der Waals surface area contributed by atoms with Crippen LogP contribution >= 0.6 is 11.6 Å². The summed E-state index contributed by atoms with van der Waals surface area (Å²) < 4.78 is 0. The zero-order chi connectivity index (χ0) is 13.3. The molecule has 0 saturated heterocycles. The molecular weight excluding hydrogens is 256 g/mol. The molecule has 0 unspecified atom stereocenters. The van der Waals surface area contributed by atoms with Crippen LogP contribution in [0, 0.1) is 20.8 Å². The van der Waals surface area contributed by atoms with Crippen LogP contribution in [-0.2, 0) is 5.88 Å². The fourth-order valence-corrected chi connectivity index (χ4v) is 2.95. The Morgan fingerprint density at radius 3 is 2.28 bits per heavy atom. The van der Waals surface area contributed by atoms with Crippen LogP contribution in [0.3, 0.4) is 0 Å². The molecule has 0 saturated carbocycles. The molecule has 0 N–H and O–H groups in total. The Labute approximate surface area is 117 Å². The number of alkyl halides is 1. The molecule has 0 fully saturated rings. The molecule has 0 spiro atoms. The molecule has 2 aromatic carbocycles. The maximum Gasteiger partial charge on any atom is 0.0720 e. The van der Waals surface area contributed by atoms with Crippen LogP contribution in [0.4, 0.5) is 0 Å². The van der Waals surface area contributed by atoms with E-state index >= 15 is 0 Å². The Balaban J connectivity index is 2.81. The minimum Gasteiger partial charge on any atom is -0.122 e. The van der Waals surface area contributed by atoms with E-state index in [1.54, 1.807) is 0 Å². The monoisotopic (exact) mass is 271 g/mol. The van der Waals surface area contributed by atoms with Gasteiger partial charge >= 0.3 is 0 Å². The van der Waals surface area contributed by atoms with Gasteiger partial charge in [0.05, 0.1) is 10.2 Å². The van der Waals surface area contributed by atoms with Gasteiger partial charge in [0.25, 0.3) is 0 Å². The van der Waals surface area contributed by atoms with Crippen molar-refractivity contribution in [2.45, 2.75) is 26.7 Å². The first-order valence-corrected chi connectivity index (χ1v) is 7.06. The predicted molar refractivity (Wildman–Crippen MR) is 81.0 cm³/mol. The van der Waals surface area contributed by atoms with Gasteiger partial charge in [-0.3, -0.25) is 0 Å². The standard InChI is InChI=1S/C16H16ClSi/c1-10-7-8-11(2)15(12(10)3)16-13(9-17)5-4-6-14(16)18/h4-8H,9H2,1-3H3. The molecule has 2 heteroatoms. The molecular formula is C16H16ClSi. The highest BCUT2D eigenvalue weighted by Gasteiger charge is 2.13. The molecule has 0 amide bonds. The molecule has 0 aliphatic carbocycles. The highest BCUT2D eigenvalue weighted by molar-refractivity contribution is 6.36. The van der Waals surface area contributed by atoms with Gasteiger partial charge in [-0.05, 0) is 54.2 Å². The van der Waals surface area contributed by atoms with E-state index in [2.05, 4.69) is 55.3 Å². The molecule has 0 aromatic heterocycles. The number of rotatable bonds is 2. The lowest BCUT2D eigenvalue weighted by atomic mass is 9.90. The maximum atomic E-state index is 6.08. The van der Waals surface area contributed by atoms with Crippen molar-refractivity contribution in [2.75, 3.05) is 0 Å². The van der Waals surface area contributed by atoms with Crippen molar-refractivity contribution in [3.8, 4) is 11.1 Å². The third kappa shape index (κ3) is 2.25. The molecule has 2 rings (SSSR count). The normalized spacial score (nSPS) is 10.7. The summed E-state index contributed by atoms with van der Waals surface area (Å²) in [7, 11) is 3.71. The van der Waals surface area contributed by atoms with Gasteiger partial charge in [-0.1, -0.05) is 35.5 Å². The Kier molecular flexibility index (Phi) is 3.93. The SMILES string of the molecule is Cc1ccc(C)c(-c2c([Si])cccc2CCl)c1C. The molecule has 0 bridgehead atoms. The van der Waals surface area contributed by atoms with Crippen molar-refractivity contribution in [3.63, 3.8) is 0 Å². The summed E-state index contributed by atoms with van der Waals surface area (Å²) in [5, 5.41) is 1.10. The summed E-state index contributed by atoms with van der Waals surface area (Å²) in [4.78, 5) is 0. The Bertz CT molecular complexity index is 588. The van der Waals surface area contributed by atoms with Crippen LogP contribution in [0.1, 0.15) is 22.3 Å². The van der Waals surface area contributed by atoms with Gasteiger partial charge in [-0.15, -0.1) is 11.6 Å². The minimum atomic E-state index is 0.528. The lowest BCUT2D eigenvalue weighted by Gasteiger charge is -2.17. The molecule has 0 nitrogen and oxygen atoms in total. The fraction of sp³-hybridized carbons (Fsp3) is 0.250. The summed E-state index contributed by atoms with van der Waals surface area (Å²) in [5.74, 6) is 0.528. The second kappa shape index (κ2) is 5.29. The second-order valence-corrected chi connectivity index (χ2v) is 5.48. The van der Waals surface area contributed by atoms with E-state index in [0.29, 0.717) is 5.88 Å². The Hall–Kier alpha value is -1.05. The molecule has 91 valence electrons. The fourth-order valence-electron chi connectivity index (χ4n) is 2.34. The Morgan fingerprint density at radius 2 is 1.61 bits per heavy atom. The molecule has 18 heavy (non-hydrogen) atoms. The number of aryl methyl sites for hydroxylation is 2. The van der Waals surface area contributed by atoms with E-state index in [0.717, 1.165) is 5.19 Å². The lowest BCUT2D eigenvalue weighted by Crippen LogP contribution is -2.11. The van der Waals surface area contributed by atoms with E-state index in [-0.39, 0.29) is 0 Å². The minimum absolute atomic E-state index is 0.528. The quantitative estimate of drug-likeness (QED) is 0.576. The summed E-state index contributed by atoms with van der Waals surface area (Å²) >= 11 is 6.08. The third-order valence-corrected chi connectivity index (χ3v) is 4.19. The van der Waals surface area contributed by atoms with Crippen LogP contribution in [0.2, 0.25) is 0 Å². The first-order chi connectivity index (χ1) is 8.56. The summed E-state index contributed by atoms with van der Waals surface area (Å²) in [5.41, 5.74) is 7.62. The van der Waals surface area contributed by atoms with Crippen LogP contribution < -0.4 is 5.19 Å². The van der Waals surface area contributed by atoms with E-state index < -0.39 is 0 Å². The topological polar surface area (TPSA) is 0 Å². The zero-order valence-corrected chi connectivity index (χ0v) is 12.7. The predicted octanol–water partition coefficient (Wildman–Crippen LogP) is 3.81. The van der Waals surface area contributed by atoms with Crippen molar-refractivity contribution >= 4 is 27.0 Å². The maximum absolute atomic E-state index is 6.08. The van der Waals surface area contributed by atoms with Gasteiger partial charge in [0.1, 0.15) is 0 Å². The van der Waals surface area contributed by atoms with Crippen molar-refractivity contribution in [2.24, 2.45) is 0 Å². The number of hydrogen-bond acceptors (Lipinski definition) is 0. The van der Waals surface area contributed by atoms with Crippen LogP contribution in [0.25, 0.3) is 11.1 Å². The van der Waals surface area contributed by atoms with E-state index in [1.165, 1.54) is 33.4 Å². The molecule has 0 aliphatic rings. The first kappa shape index (κ1) is 13.4. The van der Waals surface area contributed by atoms with Crippen molar-refractivity contribution in [3.05, 3.63) is 52.6 Å². The van der Waals surface area contributed by atoms with Gasteiger partial charge in [-0.25, -0.2) is 0 Å². The molecule has 0 aliphatic heterocycles. The van der Waals surface area contributed by atoms with Gasteiger partial charge in [0, 0.05) is 5.88 Å². The van der Waals surface area contributed by atoms with Gasteiger partial charge in [0.15, 0.2) is 0 Å². The average molecular weight is 272 g/mol. The second-order valence-electron chi connectivity index (χ2n) is 4.67. The smallest absolute Gasteiger partial charge is 0.0720 e. The summed E-state index contributed by atoms with van der Waals surface area (Å²) in [6.07, 6.45) is 0. The lowest BCUT2D eigenvalue weighted by molar-refractivity contribution is 1.29. The highest BCUT2D eigenvalue weighted by atomic mass is 35.5. The zero-order valence-electron chi connectivity index (χ0n) is 11.0. The van der Waals surface area contributed by atoms with Crippen molar-refractivity contribution in [1.82, 2.24) is 0 Å². The third-order valence-electron chi connectivity index (χ3n) is 3.49. The first-order valence-electron chi connectivity index (χ1n) is 6.03. The Morgan fingerprint density at radius 1 is 0.944 bits per heavy atom. The molecule has 0 atom stereocenters. The molecule has 0 heterocycles.